The average Bonchev–Trinajstić information content (AvgIpc) is 3.70. The molecular weight excluding hydrogens is 1200 g/mol. The third kappa shape index (κ3) is 23.3. The third-order valence-electron chi connectivity index (χ3n) is 16.8. The van der Waals surface area contributed by atoms with Gasteiger partial charge in [-0.1, -0.05) is 71.9 Å². The number of pyridine rings is 2. The summed E-state index contributed by atoms with van der Waals surface area (Å²) in [6.45, 7) is 13.0. The number of nitro groups is 3. The lowest BCUT2D eigenvalue weighted by molar-refractivity contribution is -0.385. The van der Waals surface area contributed by atoms with Gasteiger partial charge in [0, 0.05) is 128 Å². The first-order chi connectivity index (χ1) is 42.7. The van der Waals surface area contributed by atoms with E-state index >= 15 is 0 Å². The highest BCUT2D eigenvalue weighted by molar-refractivity contribution is 9.09. The van der Waals surface area contributed by atoms with Crippen molar-refractivity contribution in [2.24, 2.45) is 17.8 Å². The Labute approximate surface area is 530 Å². The van der Waals surface area contributed by atoms with Crippen LogP contribution in [0.1, 0.15) is 85.4 Å². The number of nitro benzene ring substituents is 3. The molecule has 89 heavy (non-hydrogen) atoms. The Balaban J connectivity index is 0.000000253. The van der Waals surface area contributed by atoms with Crippen molar-refractivity contribution < 1.29 is 38.6 Å². The monoisotopic (exact) mass is 1290 g/mol. The largest absolute Gasteiger partial charge is 0.379 e. The molecule has 5 aliphatic rings. The number of non-ortho nitro benzene ring substituents is 3. The van der Waals surface area contributed by atoms with Crippen LogP contribution >= 0.6 is 15.9 Å². The number of nitrogens with one attached hydrogen (secondary N) is 2. The molecule has 3 saturated heterocycles. The van der Waals surface area contributed by atoms with Crippen molar-refractivity contribution in [1.29, 1.82) is 0 Å². The van der Waals surface area contributed by atoms with Crippen molar-refractivity contribution in [3.8, 4) is 0 Å². The number of fused-ring (bicyclic) bond motifs is 4. The van der Waals surface area contributed by atoms with Gasteiger partial charge in [0.1, 0.15) is 0 Å². The van der Waals surface area contributed by atoms with Crippen LogP contribution in [0.5, 0.6) is 0 Å². The number of hydrogen-bond acceptors (Lipinski definition) is 17. The number of aromatic nitrogens is 2. The summed E-state index contributed by atoms with van der Waals surface area (Å²) in [5.74, 6) is 1.77. The maximum absolute atomic E-state index is 13.4. The Morgan fingerprint density at radius 2 is 0.775 bits per heavy atom. The topological polar surface area (TPSA) is 265 Å². The van der Waals surface area contributed by atoms with Gasteiger partial charge in [-0.3, -0.25) is 64.5 Å². The van der Waals surface area contributed by atoms with Crippen molar-refractivity contribution in [3.05, 3.63) is 179 Å². The van der Waals surface area contributed by atoms with Gasteiger partial charge in [0.25, 0.3) is 17.1 Å². The summed E-state index contributed by atoms with van der Waals surface area (Å²) in [6, 6.07) is 32.4. The number of alkyl halides is 1. The fourth-order valence-corrected chi connectivity index (χ4v) is 12.1. The Bertz CT molecular complexity index is 2890. The highest BCUT2D eigenvalue weighted by atomic mass is 79.9. The van der Waals surface area contributed by atoms with Gasteiger partial charge < -0.3 is 34.8 Å². The number of amides is 3. The highest BCUT2D eigenvalue weighted by Gasteiger charge is 2.28. The number of benzene rings is 3. The van der Waals surface area contributed by atoms with E-state index in [2.05, 4.69) is 47.4 Å². The Kier molecular flexibility index (Phi) is 28.4. The van der Waals surface area contributed by atoms with E-state index in [0.717, 1.165) is 150 Å². The van der Waals surface area contributed by atoms with E-state index in [1.54, 1.807) is 36.4 Å². The third-order valence-corrected chi connectivity index (χ3v) is 17.3. The molecular formula is C65H87BrN12O11. The number of hydrogen-bond donors (Lipinski definition) is 2. The lowest BCUT2D eigenvalue weighted by atomic mass is 9.90. The van der Waals surface area contributed by atoms with Crippen LogP contribution in [-0.2, 0) is 69.3 Å². The van der Waals surface area contributed by atoms with Gasteiger partial charge in [-0.15, -0.1) is 0 Å². The lowest BCUT2D eigenvalue weighted by Crippen LogP contribution is -2.45. The van der Waals surface area contributed by atoms with Gasteiger partial charge in [-0.05, 0) is 116 Å². The number of carbonyl (C=O) groups is 3. The standard InChI is InChI=1S/C39H49N7O7.C14H17BrN2O3.C11H17N3O.CH4/c47-38(43-16-12-32(13-17-43)24-30-4-8-36(9-5-30)45(49)50)28-41-20-22-53-23-21-42(27-35-3-1-2-34(26-41)40-35)29-39(48)44-18-14-33(15-19-44)25-31-6-10-37(11-7-31)46(51)52;15-10-14(18)16-7-5-12(6-8-16)9-11-1-3-13(4-2-11)17(19)20;1-2-10-8-12-4-6-15-7-5-13-9-11(3-1)14-10;/h1-11,32-33H,12-29H2;1-4,12H,5-10H2;1-3,12-13H,4-9H2;1H4. The van der Waals surface area contributed by atoms with E-state index in [0.29, 0.717) is 88.7 Å². The minimum atomic E-state index is -0.383. The van der Waals surface area contributed by atoms with Crippen LogP contribution in [0.15, 0.2) is 109 Å². The summed E-state index contributed by atoms with van der Waals surface area (Å²) in [5, 5.41) is 39.5. The second kappa shape index (κ2) is 36.5. The molecule has 3 aromatic carbocycles. The van der Waals surface area contributed by atoms with Gasteiger partial charge in [-0.2, -0.15) is 0 Å². The van der Waals surface area contributed by atoms with Crippen LogP contribution < -0.4 is 10.6 Å². The molecule has 10 rings (SSSR count). The van der Waals surface area contributed by atoms with E-state index in [9.17, 15) is 44.7 Å². The average molecular weight is 1290 g/mol. The molecule has 23 nitrogen and oxygen atoms in total. The predicted molar refractivity (Wildman–Crippen MR) is 343 cm³/mol. The Morgan fingerprint density at radius 3 is 1.11 bits per heavy atom. The number of likely N-dealkylation sites (tertiary alicyclic amines) is 3. The zero-order chi connectivity index (χ0) is 62.0. The molecule has 3 amide bonds. The van der Waals surface area contributed by atoms with E-state index in [4.69, 9.17) is 14.5 Å². The molecule has 0 saturated carbocycles. The van der Waals surface area contributed by atoms with Crippen molar-refractivity contribution in [3.63, 3.8) is 0 Å². The smallest absolute Gasteiger partial charge is 0.269 e. The molecule has 7 heterocycles. The first-order valence-electron chi connectivity index (χ1n) is 30.7. The van der Waals surface area contributed by atoms with Crippen LogP contribution in [0.25, 0.3) is 0 Å². The molecule has 2 aromatic heterocycles. The van der Waals surface area contributed by atoms with Crippen LogP contribution in [0.4, 0.5) is 17.1 Å². The Morgan fingerprint density at radius 1 is 0.461 bits per heavy atom. The van der Waals surface area contributed by atoms with Gasteiger partial charge in [0.05, 0.1) is 82.4 Å². The Hall–Kier alpha value is -7.19. The van der Waals surface area contributed by atoms with Crippen molar-refractivity contribution in [1.82, 2.24) is 45.1 Å². The summed E-state index contributed by atoms with van der Waals surface area (Å²) in [5.41, 5.74) is 7.55. The maximum Gasteiger partial charge on any atom is 0.269 e. The molecule has 4 bridgehead atoms. The summed E-state index contributed by atoms with van der Waals surface area (Å²) in [4.78, 5) is 89.3. The van der Waals surface area contributed by atoms with E-state index in [1.807, 2.05) is 81.4 Å². The SMILES string of the molecule is C.O=C(CBr)N1CCC(Cc2ccc([N+](=O)[O-])cc2)CC1.O=C(CN1CCOCCN(CC(=O)N2CCC(Cc3ccc([N+](=O)[O-])cc3)CC2)Cc2cccc(n2)C1)N1CCC(Cc2ccc([N+](=O)[O-])cc2)CC1.c1cc2nc(c1)CNCCOCCNC2. The van der Waals surface area contributed by atoms with E-state index in [-0.39, 0.29) is 70.1 Å². The molecule has 2 N–H and O–H groups in total. The second-order valence-electron chi connectivity index (χ2n) is 23.2. The molecule has 0 radical (unpaired) electrons. The second-order valence-corrected chi connectivity index (χ2v) is 23.8. The number of halogens is 1. The molecule has 24 heteroatoms. The molecule has 5 aliphatic heterocycles. The quantitative estimate of drug-likeness (QED) is 0.0603. The highest BCUT2D eigenvalue weighted by Crippen LogP contribution is 2.27. The molecule has 480 valence electrons. The number of carbonyl (C=O) groups excluding carboxylic acids is 3. The van der Waals surface area contributed by atoms with E-state index < -0.39 is 0 Å². The van der Waals surface area contributed by atoms with Crippen LogP contribution in [0.3, 0.4) is 0 Å². The fourth-order valence-electron chi connectivity index (χ4n) is 11.7. The molecule has 3 fully saturated rings. The minimum Gasteiger partial charge on any atom is -0.379 e. The maximum atomic E-state index is 13.4. The fraction of sp³-hybridized carbons (Fsp3) is 0.523. The summed E-state index contributed by atoms with van der Waals surface area (Å²) in [6.07, 6.45) is 8.22. The zero-order valence-electron chi connectivity index (χ0n) is 50.2. The summed E-state index contributed by atoms with van der Waals surface area (Å²) in [7, 11) is 0. The number of rotatable bonds is 14. The molecule has 0 spiro atoms. The zero-order valence-corrected chi connectivity index (χ0v) is 51.8. The minimum absolute atomic E-state index is 0. The number of nitrogens with zero attached hydrogens (tertiary/aromatic N) is 10. The van der Waals surface area contributed by atoms with Crippen molar-refractivity contribution in [2.45, 2.75) is 91.4 Å². The van der Waals surface area contributed by atoms with Crippen LogP contribution in [0.2, 0.25) is 0 Å². The van der Waals surface area contributed by atoms with Crippen LogP contribution in [0, 0.1) is 48.1 Å². The molecule has 0 atom stereocenters. The summed E-state index contributed by atoms with van der Waals surface area (Å²) >= 11 is 3.19. The first kappa shape index (κ1) is 69.3. The van der Waals surface area contributed by atoms with Crippen molar-refractivity contribution >= 4 is 50.7 Å². The lowest BCUT2D eigenvalue weighted by Gasteiger charge is -2.34. The van der Waals surface area contributed by atoms with Gasteiger partial charge in [0.2, 0.25) is 17.7 Å². The predicted octanol–water partition coefficient (Wildman–Crippen LogP) is 8.19. The van der Waals surface area contributed by atoms with Crippen molar-refractivity contribution in [2.75, 3.05) is 110 Å². The first-order valence-corrected chi connectivity index (χ1v) is 31.9. The van der Waals surface area contributed by atoms with E-state index in [1.165, 1.54) is 0 Å². The van der Waals surface area contributed by atoms with Gasteiger partial charge in [-0.25, -0.2) is 0 Å². The van der Waals surface area contributed by atoms with Gasteiger partial charge >= 0.3 is 0 Å². The van der Waals surface area contributed by atoms with Crippen LogP contribution in [-0.4, -0.2) is 177 Å². The normalized spacial score (nSPS) is 17.9. The molecule has 5 aromatic rings. The van der Waals surface area contributed by atoms with Gasteiger partial charge in [0.15, 0.2) is 0 Å². The summed E-state index contributed by atoms with van der Waals surface area (Å²) < 4.78 is 11.5. The molecule has 0 aliphatic carbocycles. The number of ether oxygens (including phenoxy) is 2. The molecule has 0 unspecified atom stereocenters. The number of piperidine rings is 3.